The van der Waals surface area contributed by atoms with Crippen LogP contribution in [0.3, 0.4) is 0 Å². The van der Waals surface area contributed by atoms with Crippen LogP contribution in [-0.2, 0) is 11.2 Å². The van der Waals surface area contributed by atoms with Crippen LogP contribution in [0, 0.1) is 5.92 Å². The number of aromatic nitrogens is 1. The van der Waals surface area contributed by atoms with E-state index in [1.165, 1.54) is 0 Å². The molecule has 2 aromatic rings. The van der Waals surface area contributed by atoms with Gasteiger partial charge in [-0.2, -0.15) is 0 Å². The molecule has 0 saturated heterocycles. The largest absolute Gasteiger partial charge is 0.494 e. The monoisotopic (exact) mass is 354 g/mol. The molecule has 0 bridgehead atoms. The highest BCUT2D eigenvalue weighted by Gasteiger charge is 2.34. The fourth-order valence-corrected chi connectivity index (χ4v) is 3.29. The molecule has 1 atom stereocenters. The standard InChI is InChI=1S/C21H26N2O3/c24-18-14-17(15-18)20(13-16-8-10-22-11-9-16)23-21(25)7-4-12-26-19-5-2-1-3-6-19/h1-3,5-6,8-11,17-18,20,24H,4,7,12-15H2,(H,23,25)/t17?,18?,20-/m1/s1. The molecule has 0 aliphatic heterocycles. The van der Waals surface area contributed by atoms with Gasteiger partial charge in [0, 0.05) is 24.9 Å². The first-order valence-electron chi connectivity index (χ1n) is 9.25. The number of aliphatic hydroxyl groups excluding tert-OH is 1. The van der Waals surface area contributed by atoms with Crippen molar-refractivity contribution in [3.63, 3.8) is 0 Å². The third kappa shape index (κ3) is 5.56. The molecule has 1 saturated carbocycles. The van der Waals surface area contributed by atoms with Crippen LogP contribution in [0.25, 0.3) is 0 Å². The number of amides is 1. The second kappa shape index (κ2) is 9.34. The summed E-state index contributed by atoms with van der Waals surface area (Å²) in [6.07, 6.45) is 6.71. The highest BCUT2D eigenvalue weighted by Crippen LogP contribution is 2.31. The summed E-state index contributed by atoms with van der Waals surface area (Å²) in [5.74, 6) is 1.21. The average Bonchev–Trinajstić information content (AvgIpc) is 2.64. The van der Waals surface area contributed by atoms with Crippen molar-refractivity contribution < 1.29 is 14.6 Å². The normalized spacial score (nSPS) is 20.0. The Labute approximate surface area is 154 Å². The van der Waals surface area contributed by atoms with Crippen LogP contribution in [0.2, 0.25) is 0 Å². The van der Waals surface area contributed by atoms with Gasteiger partial charge in [-0.1, -0.05) is 18.2 Å². The second-order valence-corrected chi connectivity index (χ2v) is 6.88. The van der Waals surface area contributed by atoms with Crippen LogP contribution in [0.5, 0.6) is 5.75 Å². The van der Waals surface area contributed by atoms with E-state index in [0.29, 0.717) is 25.4 Å². The predicted molar refractivity (Wildman–Crippen MR) is 99.8 cm³/mol. The highest BCUT2D eigenvalue weighted by atomic mass is 16.5. The number of hydrogen-bond donors (Lipinski definition) is 2. The maximum Gasteiger partial charge on any atom is 0.220 e. The molecule has 0 radical (unpaired) electrons. The van der Waals surface area contributed by atoms with Gasteiger partial charge in [0.25, 0.3) is 0 Å². The summed E-state index contributed by atoms with van der Waals surface area (Å²) in [7, 11) is 0. The maximum atomic E-state index is 12.3. The van der Waals surface area contributed by atoms with Gasteiger partial charge < -0.3 is 15.2 Å². The van der Waals surface area contributed by atoms with Gasteiger partial charge in [0.15, 0.2) is 0 Å². The minimum absolute atomic E-state index is 0.0436. The number of carbonyl (C=O) groups is 1. The zero-order chi connectivity index (χ0) is 18.2. The van der Waals surface area contributed by atoms with Crippen LogP contribution in [-0.4, -0.2) is 34.8 Å². The van der Waals surface area contributed by atoms with Gasteiger partial charge >= 0.3 is 0 Å². The van der Waals surface area contributed by atoms with Crippen molar-refractivity contribution in [2.24, 2.45) is 5.92 Å². The molecular formula is C21H26N2O3. The van der Waals surface area contributed by atoms with Gasteiger partial charge in [-0.05, 0) is 61.4 Å². The number of nitrogens with one attached hydrogen (secondary N) is 1. The van der Waals surface area contributed by atoms with Gasteiger partial charge in [0.1, 0.15) is 5.75 Å². The Bertz CT molecular complexity index is 672. The van der Waals surface area contributed by atoms with E-state index in [-0.39, 0.29) is 18.1 Å². The first kappa shape index (κ1) is 18.4. The molecule has 1 aromatic heterocycles. The number of nitrogens with zero attached hydrogens (tertiary/aromatic N) is 1. The lowest BCUT2D eigenvalue weighted by Crippen LogP contribution is -2.48. The molecule has 138 valence electrons. The molecule has 0 unspecified atom stereocenters. The van der Waals surface area contributed by atoms with Crippen molar-refractivity contribution in [1.82, 2.24) is 10.3 Å². The summed E-state index contributed by atoms with van der Waals surface area (Å²) >= 11 is 0. The number of carbonyl (C=O) groups excluding carboxylic acids is 1. The van der Waals surface area contributed by atoms with E-state index in [0.717, 1.165) is 30.6 Å². The number of aliphatic hydroxyl groups is 1. The van der Waals surface area contributed by atoms with Gasteiger partial charge in [0.05, 0.1) is 12.7 Å². The van der Waals surface area contributed by atoms with E-state index in [1.54, 1.807) is 12.4 Å². The van der Waals surface area contributed by atoms with Gasteiger partial charge in [-0.15, -0.1) is 0 Å². The fourth-order valence-electron chi connectivity index (χ4n) is 3.29. The molecule has 5 heteroatoms. The minimum atomic E-state index is -0.226. The van der Waals surface area contributed by atoms with E-state index >= 15 is 0 Å². The fraction of sp³-hybridized carbons (Fsp3) is 0.429. The molecule has 1 heterocycles. The number of para-hydroxylation sites is 1. The molecular weight excluding hydrogens is 328 g/mol. The zero-order valence-corrected chi connectivity index (χ0v) is 14.9. The Kier molecular flexibility index (Phi) is 6.61. The Balaban J connectivity index is 1.44. The van der Waals surface area contributed by atoms with Crippen molar-refractivity contribution in [2.45, 2.75) is 44.2 Å². The first-order chi connectivity index (χ1) is 12.7. The lowest BCUT2D eigenvalue weighted by atomic mass is 9.75. The van der Waals surface area contributed by atoms with E-state index in [4.69, 9.17) is 4.74 Å². The third-order valence-electron chi connectivity index (χ3n) is 4.83. The molecule has 1 aromatic carbocycles. The molecule has 1 aliphatic rings. The highest BCUT2D eigenvalue weighted by molar-refractivity contribution is 5.76. The van der Waals surface area contributed by atoms with Crippen LogP contribution < -0.4 is 10.1 Å². The van der Waals surface area contributed by atoms with Crippen LogP contribution in [0.15, 0.2) is 54.9 Å². The molecule has 1 amide bonds. The molecule has 1 aliphatic carbocycles. The number of benzene rings is 1. The Morgan fingerprint density at radius 2 is 1.92 bits per heavy atom. The van der Waals surface area contributed by atoms with Gasteiger partial charge in [0.2, 0.25) is 5.91 Å². The Morgan fingerprint density at radius 1 is 1.19 bits per heavy atom. The average molecular weight is 354 g/mol. The summed E-state index contributed by atoms with van der Waals surface area (Å²) in [6.45, 7) is 0.522. The Hall–Kier alpha value is -2.40. The molecule has 5 nitrogen and oxygen atoms in total. The third-order valence-corrected chi connectivity index (χ3v) is 4.83. The Morgan fingerprint density at radius 3 is 2.62 bits per heavy atom. The lowest BCUT2D eigenvalue weighted by Gasteiger charge is -2.38. The van der Waals surface area contributed by atoms with Crippen molar-refractivity contribution in [3.8, 4) is 5.75 Å². The molecule has 1 fully saturated rings. The first-order valence-corrected chi connectivity index (χ1v) is 9.25. The van der Waals surface area contributed by atoms with E-state index in [9.17, 15) is 9.90 Å². The lowest BCUT2D eigenvalue weighted by molar-refractivity contribution is -0.123. The second-order valence-electron chi connectivity index (χ2n) is 6.88. The number of pyridine rings is 1. The number of ether oxygens (including phenoxy) is 1. The van der Waals surface area contributed by atoms with Crippen LogP contribution in [0.1, 0.15) is 31.2 Å². The molecule has 0 spiro atoms. The van der Waals surface area contributed by atoms with E-state index in [2.05, 4.69) is 10.3 Å². The van der Waals surface area contributed by atoms with Crippen LogP contribution in [0.4, 0.5) is 0 Å². The molecule has 2 N–H and O–H groups in total. The van der Waals surface area contributed by atoms with E-state index in [1.807, 2.05) is 42.5 Å². The van der Waals surface area contributed by atoms with Crippen molar-refractivity contribution in [1.29, 1.82) is 0 Å². The predicted octanol–water partition coefficient (Wildman–Crippen LogP) is 2.74. The quantitative estimate of drug-likeness (QED) is 0.679. The summed E-state index contributed by atoms with van der Waals surface area (Å²) in [4.78, 5) is 16.4. The number of hydrogen-bond acceptors (Lipinski definition) is 4. The SMILES string of the molecule is O=C(CCCOc1ccccc1)N[C@H](Cc1ccncc1)C1CC(O)C1. The van der Waals surface area contributed by atoms with Crippen molar-refractivity contribution in [2.75, 3.05) is 6.61 Å². The summed E-state index contributed by atoms with van der Waals surface area (Å²) in [6, 6.07) is 13.6. The summed E-state index contributed by atoms with van der Waals surface area (Å²) < 4.78 is 5.63. The number of rotatable bonds is 9. The van der Waals surface area contributed by atoms with Crippen LogP contribution >= 0.6 is 0 Å². The maximum absolute atomic E-state index is 12.3. The van der Waals surface area contributed by atoms with Crippen molar-refractivity contribution in [3.05, 3.63) is 60.4 Å². The summed E-state index contributed by atoms with van der Waals surface area (Å²) in [5, 5.41) is 12.8. The topological polar surface area (TPSA) is 71.5 Å². The van der Waals surface area contributed by atoms with E-state index < -0.39 is 0 Å². The minimum Gasteiger partial charge on any atom is -0.494 e. The molecule has 3 rings (SSSR count). The summed E-state index contributed by atoms with van der Waals surface area (Å²) in [5.41, 5.74) is 1.15. The van der Waals surface area contributed by atoms with Crippen molar-refractivity contribution >= 4 is 5.91 Å². The zero-order valence-electron chi connectivity index (χ0n) is 14.9. The van der Waals surface area contributed by atoms with Gasteiger partial charge in [-0.3, -0.25) is 9.78 Å². The molecule has 26 heavy (non-hydrogen) atoms. The smallest absolute Gasteiger partial charge is 0.220 e. The van der Waals surface area contributed by atoms with Gasteiger partial charge in [-0.25, -0.2) is 0 Å².